The first-order valence-electron chi connectivity index (χ1n) is 19.9. The van der Waals surface area contributed by atoms with Gasteiger partial charge in [-0.3, -0.25) is 4.98 Å². The van der Waals surface area contributed by atoms with Crippen LogP contribution in [-0.4, -0.2) is 77.7 Å². The third kappa shape index (κ3) is 6.33. The van der Waals surface area contributed by atoms with Crippen LogP contribution < -0.4 is 48.6 Å². The van der Waals surface area contributed by atoms with Crippen LogP contribution in [0.4, 0.5) is 17.1 Å². The molecule has 0 aliphatic heterocycles. The van der Waals surface area contributed by atoms with Gasteiger partial charge in [0, 0.05) is 45.3 Å². The Balaban J connectivity index is 0.994. The van der Waals surface area contributed by atoms with E-state index in [-0.39, 0.29) is 54.9 Å². The van der Waals surface area contributed by atoms with Crippen molar-refractivity contribution in [3.63, 3.8) is 0 Å². The molecule has 0 aliphatic carbocycles. The number of hydrogen-bond donors (Lipinski definition) is 0. The van der Waals surface area contributed by atoms with Crippen molar-refractivity contribution in [2.24, 2.45) is 0 Å². The summed E-state index contributed by atoms with van der Waals surface area (Å²) >= 11 is 0. The van der Waals surface area contributed by atoms with Gasteiger partial charge in [-0.25, -0.2) is 9.97 Å². The molecule has 0 atom stereocenters. The van der Waals surface area contributed by atoms with E-state index in [0.717, 1.165) is 60.6 Å². The third-order valence-electron chi connectivity index (χ3n) is 11.7. The highest BCUT2D eigenvalue weighted by Crippen LogP contribution is 2.40. The van der Waals surface area contributed by atoms with Crippen LogP contribution in [0.15, 0.2) is 142 Å². The van der Waals surface area contributed by atoms with Crippen molar-refractivity contribution in [2.45, 2.75) is 0 Å². The normalized spacial score (nSPS) is 11.7. The molecule has 0 fully saturated rings. The summed E-state index contributed by atoms with van der Waals surface area (Å²) in [5.74, 6) is 0.632. The quantitative estimate of drug-likeness (QED) is 0.190. The average molecular weight is 785 g/mol. The number of hydrogen-bond acceptors (Lipinski definition) is 6. The molecule has 0 amide bonds. The van der Waals surface area contributed by atoms with Crippen molar-refractivity contribution < 1.29 is 8.83 Å². The lowest BCUT2D eigenvalue weighted by molar-refractivity contribution is 0.622. The maximum absolute atomic E-state index is 6.26. The predicted octanol–water partition coefficient (Wildman–Crippen LogP) is 3.64. The Kier molecular flexibility index (Phi) is 9.13. The highest BCUT2D eigenvalue weighted by atomic mass is 16.4. The number of aromatic nitrogens is 3. The Morgan fingerprint density at radius 1 is 0.381 bits per heavy atom. The van der Waals surface area contributed by atoms with Gasteiger partial charge in [0.25, 0.3) is 0 Å². The lowest BCUT2D eigenvalue weighted by Crippen LogP contribution is -2.47. The highest BCUT2D eigenvalue weighted by Gasteiger charge is 2.20. The second-order valence-corrected chi connectivity index (χ2v) is 15.5. The zero-order valence-electron chi connectivity index (χ0n) is 33.4. The Labute approximate surface area is 372 Å². The Hall–Kier alpha value is -7.05. The fourth-order valence-corrected chi connectivity index (χ4v) is 8.25. The zero-order chi connectivity index (χ0) is 43.3. The largest absolute Gasteiger partial charge is 0.437 e. The fourth-order valence-electron chi connectivity index (χ4n) is 8.25. The number of pyridine rings is 1. The third-order valence-corrected chi connectivity index (χ3v) is 11.7. The Bertz CT molecular complexity index is 3450. The highest BCUT2D eigenvalue weighted by molar-refractivity contribution is 6.67. The van der Waals surface area contributed by atoms with Gasteiger partial charge in [0.05, 0.1) is 5.69 Å². The summed E-state index contributed by atoms with van der Waals surface area (Å²) in [7, 11) is 49.4. The average Bonchev–Trinajstić information content (AvgIpc) is 3.98. The molecule has 63 heavy (non-hydrogen) atoms. The van der Waals surface area contributed by atoms with Gasteiger partial charge in [-0.05, 0) is 99.7 Å². The molecule has 8 aromatic carbocycles. The summed E-state index contributed by atoms with van der Waals surface area (Å²) in [4.78, 5) is 16.2. The molecule has 0 saturated heterocycles. The molecule has 0 bridgehead atoms. The second kappa shape index (κ2) is 14.8. The Morgan fingerprint density at radius 2 is 0.841 bits per heavy atom. The predicted molar refractivity (Wildman–Crippen MR) is 266 cm³/mol. The molecule has 3 heterocycles. The molecule has 16 radical (unpaired) electrons. The van der Waals surface area contributed by atoms with E-state index in [1.165, 1.54) is 0 Å². The first-order valence-corrected chi connectivity index (χ1v) is 19.9. The molecule has 14 heteroatoms. The van der Waals surface area contributed by atoms with E-state index in [9.17, 15) is 0 Å². The summed E-state index contributed by atoms with van der Waals surface area (Å²) < 4.78 is 12.2. The molecule has 0 unspecified atom stereocenters. The van der Waals surface area contributed by atoms with E-state index in [1.807, 2.05) is 66.9 Å². The molecule has 0 aliphatic rings. The molecule has 3 aromatic heterocycles. The molecule has 6 nitrogen and oxygen atoms in total. The van der Waals surface area contributed by atoms with Crippen molar-refractivity contribution in [3.8, 4) is 34.2 Å². The first-order chi connectivity index (χ1) is 30.5. The molecule has 274 valence electrons. The van der Waals surface area contributed by atoms with Crippen molar-refractivity contribution in [1.29, 1.82) is 0 Å². The van der Waals surface area contributed by atoms with Gasteiger partial charge in [-0.2, -0.15) is 0 Å². The van der Waals surface area contributed by atoms with Gasteiger partial charge in [0.1, 0.15) is 85.0 Å². The molecule has 0 spiro atoms. The number of nitrogens with zero attached hydrogens (tertiary/aromatic N) is 4. The van der Waals surface area contributed by atoms with Gasteiger partial charge in [-0.1, -0.05) is 76.4 Å². The standard InChI is InChI=1S/C49H22B8N4O2/c50-36-38(52)42(56)46-44(40(36)54)59-48(62-46)23-7-12-30(13-8-23)61(31-14-9-24(10-15-31)49-60-45-41(55)37(51)39(53)43(57)47(45)63-49)32-16-18-34-27(20-32)6-5-26-19-28(11-17-33(26)34)35-21-25-3-1-2-4-29(25)22-58-35/h1-22H. The van der Waals surface area contributed by atoms with E-state index >= 15 is 0 Å². The van der Waals surface area contributed by atoms with Crippen molar-refractivity contribution >= 4 is 178 Å². The summed E-state index contributed by atoms with van der Waals surface area (Å²) in [6.07, 6.45) is 1.93. The zero-order valence-corrected chi connectivity index (χ0v) is 33.4. The van der Waals surface area contributed by atoms with Crippen molar-refractivity contribution in [3.05, 3.63) is 134 Å². The lowest BCUT2D eigenvalue weighted by atomic mass is 9.66. The maximum atomic E-state index is 6.26. The molecular formula is C49H22B8N4O2. The van der Waals surface area contributed by atoms with Crippen LogP contribution in [0.1, 0.15) is 0 Å². The molecule has 11 rings (SSSR count). The maximum Gasteiger partial charge on any atom is 0.227 e. The number of benzene rings is 8. The van der Waals surface area contributed by atoms with E-state index < -0.39 is 0 Å². The number of rotatable bonds is 6. The van der Waals surface area contributed by atoms with E-state index in [2.05, 4.69) is 81.6 Å². The van der Waals surface area contributed by atoms with E-state index in [1.54, 1.807) is 0 Å². The number of anilines is 3. The number of fused-ring (bicyclic) bond motifs is 6. The van der Waals surface area contributed by atoms with Crippen LogP contribution in [0.2, 0.25) is 0 Å². The fraction of sp³-hybridized carbons (Fsp3) is 0. The monoisotopic (exact) mass is 786 g/mol. The smallest absolute Gasteiger partial charge is 0.227 e. The lowest BCUT2D eigenvalue weighted by Gasteiger charge is -2.26. The molecule has 11 aromatic rings. The van der Waals surface area contributed by atoms with Gasteiger partial charge in [-0.15, -0.1) is 21.9 Å². The van der Waals surface area contributed by atoms with Gasteiger partial charge in [0.2, 0.25) is 11.8 Å². The minimum atomic E-state index is 0.157. The molecule has 0 saturated carbocycles. The van der Waals surface area contributed by atoms with Crippen molar-refractivity contribution in [1.82, 2.24) is 15.0 Å². The minimum absolute atomic E-state index is 0.157. The van der Waals surface area contributed by atoms with Crippen LogP contribution >= 0.6 is 0 Å². The van der Waals surface area contributed by atoms with Gasteiger partial charge >= 0.3 is 0 Å². The van der Waals surface area contributed by atoms with Gasteiger partial charge in [0.15, 0.2) is 0 Å². The summed E-state index contributed by atoms with van der Waals surface area (Å²) in [6, 6.07) is 43.3. The van der Waals surface area contributed by atoms with E-state index in [4.69, 9.17) is 76.6 Å². The SMILES string of the molecule is [B]c1c([B])c([B])c2oc(-c3ccc(N(c4ccc(-c5nc6c([B])c([B])c([B])c([B])c6o5)cc4)c4ccc5c(ccc6cc(-c7cc8ccccc8cn7)ccc65)c4)cc3)nc2c1[B]. The van der Waals surface area contributed by atoms with Crippen LogP contribution in [0.25, 0.3) is 88.7 Å². The molecular weight excluding hydrogens is 763 g/mol. The summed E-state index contributed by atoms with van der Waals surface area (Å²) in [6.45, 7) is 0. The van der Waals surface area contributed by atoms with Gasteiger partial charge < -0.3 is 13.7 Å². The topological polar surface area (TPSA) is 68.2 Å². The van der Waals surface area contributed by atoms with Crippen LogP contribution in [-0.2, 0) is 0 Å². The summed E-state index contributed by atoms with van der Waals surface area (Å²) in [5.41, 5.74) is 8.70. The summed E-state index contributed by atoms with van der Waals surface area (Å²) in [5, 5.41) is 6.69. The molecule has 0 N–H and O–H groups in total. The van der Waals surface area contributed by atoms with E-state index in [0.29, 0.717) is 33.9 Å². The first kappa shape index (κ1) is 38.8. The van der Waals surface area contributed by atoms with Crippen LogP contribution in [0.3, 0.4) is 0 Å². The number of oxazole rings is 2. The van der Waals surface area contributed by atoms with Crippen LogP contribution in [0.5, 0.6) is 0 Å². The Morgan fingerprint density at radius 3 is 1.40 bits per heavy atom. The van der Waals surface area contributed by atoms with Crippen LogP contribution in [0, 0.1) is 0 Å². The minimum Gasteiger partial charge on any atom is -0.437 e. The van der Waals surface area contributed by atoms with Crippen molar-refractivity contribution in [2.75, 3.05) is 4.90 Å². The second-order valence-electron chi connectivity index (χ2n) is 15.5.